The number of benzene rings is 1. The molecule has 6 heteroatoms. The summed E-state index contributed by atoms with van der Waals surface area (Å²) in [6.45, 7) is 4.33. The molecule has 0 saturated carbocycles. The standard InChI is InChI=1S/C19H27N3O3/c1-13-7-8-15(16(10-13)22(3)4)12-20-19(24)21-14(2)11-17(23)18-6-5-9-25-18/h5-10,14,17,23H,11-12H2,1-4H3,(H2,20,21,24)/t14-,17+/m0/s1. The Kier molecular flexibility index (Phi) is 6.47. The molecule has 0 aliphatic carbocycles. The van der Waals surface area contributed by atoms with Crippen LogP contribution in [0.2, 0.25) is 0 Å². The van der Waals surface area contributed by atoms with Crippen molar-refractivity contribution >= 4 is 11.7 Å². The Labute approximate surface area is 148 Å². The van der Waals surface area contributed by atoms with Crippen LogP contribution in [0, 0.1) is 6.92 Å². The monoisotopic (exact) mass is 345 g/mol. The summed E-state index contributed by atoms with van der Waals surface area (Å²) < 4.78 is 5.17. The minimum atomic E-state index is -0.734. The van der Waals surface area contributed by atoms with Gasteiger partial charge >= 0.3 is 6.03 Å². The van der Waals surface area contributed by atoms with Gasteiger partial charge in [0.05, 0.1) is 6.26 Å². The number of aliphatic hydroxyl groups excluding tert-OH is 1. The minimum Gasteiger partial charge on any atom is -0.467 e. The first-order valence-electron chi connectivity index (χ1n) is 8.39. The summed E-state index contributed by atoms with van der Waals surface area (Å²) >= 11 is 0. The van der Waals surface area contributed by atoms with Crippen LogP contribution >= 0.6 is 0 Å². The molecule has 6 nitrogen and oxygen atoms in total. The van der Waals surface area contributed by atoms with Crippen molar-refractivity contribution in [3.05, 3.63) is 53.5 Å². The Morgan fingerprint density at radius 3 is 2.72 bits per heavy atom. The average molecular weight is 345 g/mol. The molecule has 136 valence electrons. The van der Waals surface area contributed by atoms with E-state index in [2.05, 4.69) is 16.7 Å². The second kappa shape index (κ2) is 8.58. The zero-order chi connectivity index (χ0) is 18.4. The summed E-state index contributed by atoms with van der Waals surface area (Å²) in [6, 6.07) is 9.15. The van der Waals surface area contributed by atoms with E-state index in [1.165, 1.54) is 11.8 Å². The zero-order valence-corrected chi connectivity index (χ0v) is 15.2. The largest absolute Gasteiger partial charge is 0.467 e. The van der Waals surface area contributed by atoms with Gasteiger partial charge in [0.1, 0.15) is 11.9 Å². The lowest BCUT2D eigenvalue weighted by Crippen LogP contribution is -2.41. The van der Waals surface area contributed by atoms with Gasteiger partial charge in [-0.25, -0.2) is 4.79 Å². The molecule has 2 aromatic rings. The Balaban J connectivity index is 1.84. The number of furan rings is 1. The second-order valence-electron chi connectivity index (χ2n) is 6.52. The van der Waals surface area contributed by atoms with Crippen LogP contribution in [0.15, 0.2) is 41.0 Å². The molecule has 2 rings (SSSR count). The maximum Gasteiger partial charge on any atom is 0.315 e. The van der Waals surface area contributed by atoms with Gasteiger partial charge in [-0.3, -0.25) is 0 Å². The van der Waals surface area contributed by atoms with Gasteiger partial charge in [0.15, 0.2) is 0 Å². The third-order valence-electron chi connectivity index (χ3n) is 3.99. The summed E-state index contributed by atoms with van der Waals surface area (Å²) in [6.07, 6.45) is 1.17. The van der Waals surface area contributed by atoms with E-state index in [0.717, 1.165) is 11.3 Å². The van der Waals surface area contributed by atoms with Crippen LogP contribution in [0.25, 0.3) is 0 Å². The first kappa shape index (κ1) is 18.9. The number of nitrogens with zero attached hydrogens (tertiary/aromatic N) is 1. The molecule has 2 amide bonds. The molecular weight excluding hydrogens is 318 g/mol. The molecule has 25 heavy (non-hydrogen) atoms. The molecule has 0 unspecified atom stereocenters. The minimum absolute atomic E-state index is 0.188. The molecule has 0 aliphatic heterocycles. The number of amides is 2. The quantitative estimate of drug-likeness (QED) is 0.721. The highest BCUT2D eigenvalue weighted by molar-refractivity contribution is 5.74. The predicted octanol–water partition coefficient (Wildman–Crippen LogP) is 2.97. The normalized spacial score (nSPS) is 13.2. The van der Waals surface area contributed by atoms with Gasteiger partial charge in [-0.2, -0.15) is 0 Å². The Hall–Kier alpha value is -2.47. The van der Waals surface area contributed by atoms with Crippen molar-refractivity contribution in [1.82, 2.24) is 10.6 Å². The average Bonchev–Trinajstić information content (AvgIpc) is 3.07. The van der Waals surface area contributed by atoms with Gasteiger partial charge < -0.3 is 25.1 Å². The van der Waals surface area contributed by atoms with Gasteiger partial charge in [-0.15, -0.1) is 0 Å². The third-order valence-corrected chi connectivity index (χ3v) is 3.99. The number of urea groups is 1. The lowest BCUT2D eigenvalue weighted by atomic mass is 10.1. The third kappa shape index (κ3) is 5.53. The van der Waals surface area contributed by atoms with E-state index in [1.54, 1.807) is 12.1 Å². The van der Waals surface area contributed by atoms with Crippen molar-refractivity contribution in [2.24, 2.45) is 0 Å². The van der Waals surface area contributed by atoms with Crippen molar-refractivity contribution in [3.63, 3.8) is 0 Å². The summed E-state index contributed by atoms with van der Waals surface area (Å²) in [5, 5.41) is 15.8. The number of carbonyl (C=O) groups excluding carboxylic acids is 1. The van der Waals surface area contributed by atoms with Crippen molar-refractivity contribution < 1.29 is 14.3 Å². The molecular formula is C19H27N3O3. The first-order chi connectivity index (χ1) is 11.9. The topological polar surface area (TPSA) is 77.7 Å². The van der Waals surface area contributed by atoms with Crippen molar-refractivity contribution in [2.45, 2.75) is 39.0 Å². The molecule has 0 radical (unpaired) electrons. The Bertz CT molecular complexity index is 683. The van der Waals surface area contributed by atoms with Crippen LogP contribution in [-0.2, 0) is 6.54 Å². The summed E-state index contributed by atoms with van der Waals surface area (Å²) in [5.41, 5.74) is 3.31. The number of anilines is 1. The van der Waals surface area contributed by atoms with Crippen LogP contribution in [0.3, 0.4) is 0 Å². The smallest absolute Gasteiger partial charge is 0.315 e. The maximum atomic E-state index is 12.1. The van der Waals surface area contributed by atoms with Gasteiger partial charge in [-0.1, -0.05) is 12.1 Å². The molecule has 1 aromatic heterocycles. The molecule has 0 saturated heterocycles. The summed E-state index contributed by atoms with van der Waals surface area (Å²) in [4.78, 5) is 14.1. The Morgan fingerprint density at radius 1 is 1.32 bits per heavy atom. The molecule has 0 bridgehead atoms. The fourth-order valence-corrected chi connectivity index (χ4v) is 2.68. The number of aliphatic hydroxyl groups is 1. The lowest BCUT2D eigenvalue weighted by Gasteiger charge is -2.20. The van der Waals surface area contributed by atoms with Crippen LogP contribution in [0.4, 0.5) is 10.5 Å². The zero-order valence-electron chi connectivity index (χ0n) is 15.2. The molecule has 3 N–H and O–H groups in total. The lowest BCUT2D eigenvalue weighted by molar-refractivity contribution is 0.129. The maximum absolute atomic E-state index is 12.1. The first-order valence-corrected chi connectivity index (χ1v) is 8.39. The van der Waals surface area contributed by atoms with E-state index in [9.17, 15) is 9.90 Å². The highest BCUT2D eigenvalue weighted by Crippen LogP contribution is 2.20. The number of hydrogen-bond acceptors (Lipinski definition) is 4. The molecule has 0 fully saturated rings. The highest BCUT2D eigenvalue weighted by atomic mass is 16.4. The number of nitrogens with one attached hydrogen (secondary N) is 2. The van der Waals surface area contributed by atoms with Gasteiger partial charge in [-0.05, 0) is 43.2 Å². The van der Waals surface area contributed by atoms with E-state index in [4.69, 9.17) is 4.42 Å². The van der Waals surface area contributed by atoms with E-state index in [-0.39, 0.29) is 12.1 Å². The summed E-state index contributed by atoms with van der Waals surface area (Å²) in [5.74, 6) is 0.504. The van der Waals surface area contributed by atoms with E-state index in [0.29, 0.717) is 18.7 Å². The van der Waals surface area contributed by atoms with Crippen LogP contribution in [0.5, 0.6) is 0 Å². The highest BCUT2D eigenvalue weighted by Gasteiger charge is 2.16. The van der Waals surface area contributed by atoms with Crippen molar-refractivity contribution in [2.75, 3.05) is 19.0 Å². The van der Waals surface area contributed by atoms with E-state index in [1.807, 2.05) is 45.0 Å². The van der Waals surface area contributed by atoms with E-state index >= 15 is 0 Å². The van der Waals surface area contributed by atoms with Gasteiger partial charge in [0, 0.05) is 38.8 Å². The Morgan fingerprint density at radius 2 is 2.08 bits per heavy atom. The molecule has 1 aromatic carbocycles. The number of aryl methyl sites for hydroxylation is 1. The number of hydrogen-bond donors (Lipinski definition) is 3. The van der Waals surface area contributed by atoms with Crippen molar-refractivity contribution in [3.8, 4) is 0 Å². The van der Waals surface area contributed by atoms with Crippen LogP contribution in [0.1, 0.15) is 36.3 Å². The number of rotatable bonds is 7. The fraction of sp³-hybridized carbons (Fsp3) is 0.421. The number of carbonyl (C=O) groups is 1. The molecule has 0 aliphatic rings. The van der Waals surface area contributed by atoms with Crippen molar-refractivity contribution in [1.29, 1.82) is 0 Å². The van der Waals surface area contributed by atoms with Gasteiger partial charge in [0.25, 0.3) is 0 Å². The van der Waals surface area contributed by atoms with E-state index < -0.39 is 6.10 Å². The molecule has 0 spiro atoms. The van der Waals surface area contributed by atoms with Crippen LogP contribution < -0.4 is 15.5 Å². The summed E-state index contributed by atoms with van der Waals surface area (Å²) in [7, 11) is 3.97. The SMILES string of the molecule is Cc1ccc(CNC(=O)N[C@@H](C)C[C@@H](O)c2ccco2)c(N(C)C)c1. The van der Waals surface area contributed by atoms with Crippen LogP contribution in [-0.4, -0.2) is 31.3 Å². The second-order valence-corrected chi connectivity index (χ2v) is 6.52. The molecule has 1 heterocycles. The molecule has 2 atom stereocenters. The fourth-order valence-electron chi connectivity index (χ4n) is 2.68. The predicted molar refractivity (Wildman–Crippen MR) is 98.6 cm³/mol. The van der Waals surface area contributed by atoms with Gasteiger partial charge in [0.2, 0.25) is 0 Å².